The number of hydrogen-bond donors (Lipinski definition) is 2. The maximum atomic E-state index is 13.5. The Kier molecular flexibility index (Phi) is 5.71. The van der Waals surface area contributed by atoms with Gasteiger partial charge in [0.1, 0.15) is 10.7 Å². The summed E-state index contributed by atoms with van der Waals surface area (Å²) in [6, 6.07) is 6.60. The van der Waals surface area contributed by atoms with Crippen molar-refractivity contribution >= 4 is 27.5 Å². The van der Waals surface area contributed by atoms with Crippen molar-refractivity contribution in [2.24, 2.45) is 11.7 Å². The van der Waals surface area contributed by atoms with Crippen molar-refractivity contribution in [2.75, 3.05) is 18.4 Å². The normalized spacial score (nSPS) is 15.9. The minimum absolute atomic E-state index is 0.114. The van der Waals surface area contributed by atoms with Crippen molar-refractivity contribution in [3.05, 3.63) is 54.1 Å². The third kappa shape index (κ3) is 4.18. The number of amides is 2. The zero-order chi connectivity index (χ0) is 20.3. The number of hydrogen-bond acceptors (Lipinski definition) is 5. The highest BCUT2D eigenvalue weighted by Gasteiger charge is 2.32. The SMILES string of the molecule is NC(=O)c1cc(NC(=O)C2CCN(S(=O)(=O)c3cccnc3)CC2)ccc1F. The largest absolute Gasteiger partial charge is 0.366 e. The second kappa shape index (κ2) is 8.03. The van der Waals surface area contributed by atoms with Gasteiger partial charge in [-0.15, -0.1) is 0 Å². The van der Waals surface area contributed by atoms with Gasteiger partial charge < -0.3 is 11.1 Å². The van der Waals surface area contributed by atoms with E-state index in [-0.39, 0.29) is 35.1 Å². The number of nitrogens with two attached hydrogens (primary N) is 1. The first kappa shape index (κ1) is 19.9. The number of sulfonamides is 1. The average Bonchev–Trinajstić information content (AvgIpc) is 2.70. The highest BCUT2D eigenvalue weighted by molar-refractivity contribution is 7.89. The predicted molar refractivity (Wildman–Crippen MR) is 99.3 cm³/mol. The molecule has 1 aliphatic rings. The van der Waals surface area contributed by atoms with Crippen LogP contribution in [0.15, 0.2) is 47.6 Å². The van der Waals surface area contributed by atoms with E-state index in [2.05, 4.69) is 10.3 Å². The minimum Gasteiger partial charge on any atom is -0.366 e. The van der Waals surface area contributed by atoms with Gasteiger partial charge >= 0.3 is 0 Å². The molecule has 2 heterocycles. The van der Waals surface area contributed by atoms with Gasteiger partial charge in [-0.2, -0.15) is 4.31 Å². The molecular formula is C18H19FN4O4S. The molecule has 1 fully saturated rings. The van der Waals surface area contributed by atoms with Crippen molar-refractivity contribution < 1.29 is 22.4 Å². The number of halogens is 1. The maximum absolute atomic E-state index is 13.5. The van der Waals surface area contributed by atoms with Gasteiger partial charge in [-0.05, 0) is 43.2 Å². The molecule has 10 heteroatoms. The first-order valence-corrected chi connectivity index (χ1v) is 10.0. The van der Waals surface area contributed by atoms with Crippen LogP contribution in [0.4, 0.5) is 10.1 Å². The quantitative estimate of drug-likeness (QED) is 0.776. The monoisotopic (exact) mass is 406 g/mol. The standard InChI is InChI=1S/C18H19FN4O4S/c19-16-4-3-13(10-15(16)17(20)24)22-18(25)12-5-8-23(9-6-12)28(26,27)14-2-1-7-21-11-14/h1-4,7,10-12H,5-6,8-9H2,(H2,20,24)(H,22,25). The van der Waals surface area contributed by atoms with Gasteiger partial charge in [0, 0.05) is 37.1 Å². The van der Waals surface area contributed by atoms with Crippen molar-refractivity contribution in [1.29, 1.82) is 0 Å². The molecule has 1 saturated heterocycles. The van der Waals surface area contributed by atoms with Gasteiger partial charge in [0.25, 0.3) is 5.91 Å². The number of nitrogens with zero attached hydrogens (tertiary/aromatic N) is 2. The van der Waals surface area contributed by atoms with Gasteiger partial charge in [0.05, 0.1) is 5.56 Å². The van der Waals surface area contributed by atoms with Crippen LogP contribution < -0.4 is 11.1 Å². The highest BCUT2D eigenvalue weighted by Crippen LogP contribution is 2.25. The molecule has 1 aromatic carbocycles. The summed E-state index contributed by atoms with van der Waals surface area (Å²) >= 11 is 0. The number of primary amides is 1. The zero-order valence-electron chi connectivity index (χ0n) is 14.8. The van der Waals surface area contributed by atoms with Crippen LogP contribution in [-0.2, 0) is 14.8 Å². The first-order valence-electron chi connectivity index (χ1n) is 8.59. The Morgan fingerprint density at radius 1 is 1.21 bits per heavy atom. The number of aromatic nitrogens is 1. The molecule has 148 valence electrons. The molecule has 0 atom stereocenters. The number of carbonyl (C=O) groups excluding carboxylic acids is 2. The number of benzene rings is 1. The second-order valence-corrected chi connectivity index (χ2v) is 8.35. The van der Waals surface area contributed by atoms with Crippen molar-refractivity contribution in [1.82, 2.24) is 9.29 Å². The fraction of sp³-hybridized carbons (Fsp3) is 0.278. The Morgan fingerprint density at radius 3 is 2.54 bits per heavy atom. The van der Waals surface area contributed by atoms with E-state index in [9.17, 15) is 22.4 Å². The van der Waals surface area contributed by atoms with Gasteiger partial charge in [-0.25, -0.2) is 12.8 Å². The van der Waals surface area contributed by atoms with Crippen LogP contribution in [-0.4, -0.2) is 42.6 Å². The van der Waals surface area contributed by atoms with Crippen molar-refractivity contribution in [3.8, 4) is 0 Å². The van der Waals surface area contributed by atoms with E-state index in [4.69, 9.17) is 5.73 Å². The number of carbonyl (C=O) groups is 2. The number of rotatable bonds is 5. The molecule has 28 heavy (non-hydrogen) atoms. The van der Waals surface area contributed by atoms with Crippen LogP contribution in [0.1, 0.15) is 23.2 Å². The lowest BCUT2D eigenvalue weighted by atomic mass is 9.97. The molecule has 8 nitrogen and oxygen atoms in total. The van der Waals surface area contributed by atoms with Gasteiger partial charge in [-0.3, -0.25) is 14.6 Å². The van der Waals surface area contributed by atoms with Crippen LogP contribution in [0, 0.1) is 11.7 Å². The summed E-state index contributed by atoms with van der Waals surface area (Å²) in [7, 11) is -3.64. The van der Waals surface area contributed by atoms with Crippen molar-refractivity contribution in [3.63, 3.8) is 0 Å². The second-order valence-electron chi connectivity index (χ2n) is 6.42. The van der Waals surface area contributed by atoms with Crippen LogP contribution >= 0.6 is 0 Å². The topological polar surface area (TPSA) is 122 Å². The van der Waals surface area contributed by atoms with E-state index in [0.29, 0.717) is 12.8 Å². The van der Waals surface area contributed by atoms with E-state index in [1.165, 1.54) is 34.9 Å². The summed E-state index contributed by atoms with van der Waals surface area (Å²) in [5.74, 6) is -2.41. The Bertz CT molecular complexity index is 990. The predicted octanol–water partition coefficient (Wildman–Crippen LogP) is 1.36. The Hall–Kier alpha value is -2.85. The number of piperidine rings is 1. The fourth-order valence-corrected chi connectivity index (χ4v) is 4.48. The smallest absolute Gasteiger partial charge is 0.251 e. The summed E-state index contributed by atoms with van der Waals surface area (Å²) in [5, 5.41) is 2.63. The van der Waals surface area contributed by atoms with Crippen LogP contribution in [0.2, 0.25) is 0 Å². The molecule has 0 spiro atoms. The molecule has 1 aliphatic heterocycles. The van der Waals surface area contributed by atoms with E-state index in [1.54, 1.807) is 6.07 Å². The average molecular weight is 406 g/mol. The molecule has 0 saturated carbocycles. The van der Waals surface area contributed by atoms with E-state index in [0.717, 1.165) is 6.07 Å². The third-order valence-electron chi connectivity index (χ3n) is 4.60. The van der Waals surface area contributed by atoms with Gasteiger partial charge in [-0.1, -0.05) is 0 Å². The Morgan fingerprint density at radius 2 is 1.93 bits per heavy atom. The summed E-state index contributed by atoms with van der Waals surface area (Å²) in [6.45, 7) is 0.399. The lowest BCUT2D eigenvalue weighted by molar-refractivity contribution is -0.120. The Labute approximate surface area is 161 Å². The molecular weight excluding hydrogens is 387 g/mol. The number of nitrogens with one attached hydrogen (secondary N) is 1. The Balaban J connectivity index is 1.63. The molecule has 0 radical (unpaired) electrons. The van der Waals surface area contributed by atoms with Crippen LogP contribution in [0.5, 0.6) is 0 Å². The molecule has 2 amide bonds. The van der Waals surface area contributed by atoms with Gasteiger partial charge in [0.15, 0.2) is 0 Å². The van der Waals surface area contributed by atoms with Crippen LogP contribution in [0.25, 0.3) is 0 Å². The molecule has 0 bridgehead atoms. The molecule has 3 N–H and O–H groups in total. The molecule has 1 aromatic heterocycles. The lowest BCUT2D eigenvalue weighted by Crippen LogP contribution is -2.41. The van der Waals surface area contributed by atoms with Gasteiger partial charge in [0.2, 0.25) is 15.9 Å². The lowest BCUT2D eigenvalue weighted by Gasteiger charge is -2.30. The van der Waals surface area contributed by atoms with E-state index in [1.807, 2.05) is 0 Å². The first-order chi connectivity index (χ1) is 13.3. The van der Waals surface area contributed by atoms with E-state index < -0.39 is 27.7 Å². The third-order valence-corrected chi connectivity index (χ3v) is 6.48. The minimum atomic E-state index is -3.64. The summed E-state index contributed by atoms with van der Waals surface area (Å²) in [4.78, 5) is 27.6. The maximum Gasteiger partial charge on any atom is 0.251 e. The number of pyridine rings is 1. The molecule has 2 aromatic rings. The summed E-state index contributed by atoms with van der Waals surface area (Å²) in [5.41, 5.74) is 5.05. The zero-order valence-corrected chi connectivity index (χ0v) is 15.7. The van der Waals surface area contributed by atoms with Crippen LogP contribution in [0.3, 0.4) is 0 Å². The fourth-order valence-electron chi connectivity index (χ4n) is 3.04. The summed E-state index contributed by atoms with van der Waals surface area (Å²) < 4.78 is 40.0. The van der Waals surface area contributed by atoms with Crippen molar-refractivity contribution in [2.45, 2.75) is 17.7 Å². The number of anilines is 1. The van der Waals surface area contributed by atoms with E-state index >= 15 is 0 Å². The highest BCUT2D eigenvalue weighted by atomic mass is 32.2. The molecule has 3 rings (SSSR count). The molecule has 0 aliphatic carbocycles. The molecule has 0 unspecified atom stereocenters. The summed E-state index contributed by atoms with van der Waals surface area (Å²) in [6.07, 6.45) is 3.47.